The number of carbonyl (C=O) groups excluding carboxylic acids is 1. The maximum Gasteiger partial charge on any atom is 0.267 e. The fraction of sp³-hybridized carbons (Fsp3) is 0.200. The third-order valence-corrected chi connectivity index (χ3v) is 2.23. The summed E-state index contributed by atoms with van der Waals surface area (Å²) in [6, 6.07) is 7.67. The van der Waals surface area contributed by atoms with E-state index in [1.165, 1.54) is 5.56 Å². The summed E-state index contributed by atoms with van der Waals surface area (Å²) in [4.78, 5) is 14.6. The number of fused-ring (bicyclic) bond motifs is 1. The normalized spacial score (nSPS) is 18.9. The van der Waals surface area contributed by atoms with Gasteiger partial charge in [0.1, 0.15) is 6.04 Å². The lowest BCUT2D eigenvalue weighted by atomic mass is 10.1. The zero-order chi connectivity index (χ0) is 9.26. The lowest BCUT2D eigenvalue weighted by Crippen LogP contribution is -2.24. The molecule has 13 heavy (non-hydrogen) atoms. The molecule has 0 aromatic heterocycles. The van der Waals surface area contributed by atoms with E-state index in [1.807, 2.05) is 24.3 Å². The predicted octanol–water partition coefficient (Wildman–Crippen LogP) is 1.25. The molecule has 66 valence electrons. The molecule has 3 nitrogen and oxygen atoms in total. The highest BCUT2D eigenvalue weighted by Crippen LogP contribution is 2.25. The van der Waals surface area contributed by atoms with Crippen LogP contribution in [0.15, 0.2) is 29.3 Å². The second-order valence-electron chi connectivity index (χ2n) is 3.05. The van der Waals surface area contributed by atoms with E-state index in [1.54, 1.807) is 0 Å². The van der Waals surface area contributed by atoms with Crippen LogP contribution >= 0.6 is 0 Å². The van der Waals surface area contributed by atoms with Crippen molar-refractivity contribution in [2.24, 2.45) is 4.99 Å². The van der Waals surface area contributed by atoms with E-state index < -0.39 is 0 Å². The van der Waals surface area contributed by atoms with Gasteiger partial charge < -0.3 is 5.32 Å². The van der Waals surface area contributed by atoms with E-state index in [9.17, 15) is 4.79 Å². The molecule has 1 aromatic rings. The number of carbonyl (C=O) groups is 1. The fourth-order valence-electron chi connectivity index (χ4n) is 1.56. The van der Waals surface area contributed by atoms with Gasteiger partial charge in [0, 0.05) is 12.1 Å². The molecule has 1 amide bonds. The summed E-state index contributed by atoms with van der Waals surface area (Å²) in [7, 11) is 0. The number of nitrogens with zero attached hydrogens (tertiary/aromatic N) is 1. The first-order chi connectivity index (χ1) is 6.31. The molecule has 0 radical (unpaired) electrons. The first kappa shape index (κ1) is 7.98. The molecule has 3 heteroatoms. The SMILES string of the molecule is C=NC(=O)C1Cc2ccccc2N1. The van der Waals surface area contributed by atoms with Crippen LogP contribution in [0.3, 0.4) is 0 Å². The number of rotatable bonds is 1. The number of aliphatic imine (C=N–C) groups is 1. The molecule has 1 aliphatic rings. The Morgan fingerprint density at radius 3 is 3.00 bits per heavy atom. The summed E-state index contributed by atoms with van der Waals surface area (Å²) >= 11 is 0. The minimum Gasteiger partial charge on any atom is -0.373 e. The average Bonchev–Trinajstić information content (AvgIpc) is 2.59. The highest BCUT2D eigenvalue weighted by molar-refractivity contribution is 5.90. The molecular formula is C10H10N2O. The van der Waals surface area contributed by atoms with Crippen molar-refractivity contribution in [2.45, 2.75) is 12.5 Å². The number of anilines is 1. The molecular weight excluding hydrogens is 164 g/mol. The highest BCUT2D eigenvalue weighted by atomic mass is 16.1. The number of nitrogens with one attached hydrogen (secondary N) is 1. The first-order valence-electron chi connectivity index (χ1n) is 4.16. The molecule has 1 aromatic carbocycles. The maximum absolute atomic E-state index is 11.2. The second-order valence-corrected chi connectivity index (χ2v) is 3.05. The molecule has 0 aliphatic carbocycles. The van der Waals surface area contributed by atoms with Crippen molar-refractivity contribution in [1.29, 1.82) is 0 Å². The van der Waals surface area contributed by atoms with Gasteiger partial charge in [-0.05, 0) is 18.3 Å². The van der Waals surface area contributed by atoms with Gasteiger partial charge >= 0.3 is 0 Å². The van der Waals surface area contributed by atoms with Crippen molar-refractivity contribution in [1.82, 2.24) is 0 Å². The lowest BCUT2D eigenvalue weighted by Gasteiger charge is -2.04. The van der Waals surface area contributed by atoms with Gasteiger partial charge in [0.2, 0.25) is 0 Å². The minimum absolute atomic E-state index is 0.184. The zero-order valence-corrected chi connectivity index (χ0v) is 7.16. The lowest BCUT2D eigenvalue weighted by molar-refractivity contribution is -0.118. The van der Waals surface area contributed by atoms with E-state index in [4.69, 9.17) is 0 Å². The van der Waals surface area contributed by atoms with Crippen LogP contribution in [-0.2, 0) is 11.2 Å². The molecule has 1 heterocycles. The largest absolute Gasteiger partial charge is 0.373 e. The van der Waals surface area contributed by atoms with E-state index >= 15 is 0 Å². The first-order valence-corrected chi connectivity index (χ1v) is 4.16. The molecule has 1 atom stereocenters. The Bertz CT molecular complexity index is 335. The van der Waals surface area contributed by atoms with Crippen molar-refractivity contribution >= 4 is 18.3 Å². The van der Waals surface area contributed by atoms with Crippen LogP contribution in [0.5, 0.6) is 0 Å². The third-order valence-electron chi connectivity index (χ3n) is 2.23. The Hall–Kier alpha value is -1.64. The van der Waals surface area contributed by atoms with Crippen LogP contribution in [0.2, 0.25) is 0 Å². The van der Waals surface area contributed by atoms with E-state index in [-0.39, 0.29) is 11.9 Å². The van der Waals surface area contributed by atoms with Gasteiger partial charge in [0.05, 0.1) is 0 Å². The number of benzene rings is 1. The van der Waals surface area contributed by atoms with Gasteiger partial charge in [0.15, 0.2) is 0 Å². The van der Waals surface area contributed by atoms with Crippen molar-refractivity contribution < 1.29 is 4.79 Å². The Kier molecular flexibility index (Phi) is 1.85. The van der Waals surface area contributed by atoms with Crippen molar-refractivity contribution in [2.75, 3.05) is 5.32 Å². The molecule has 1 unspecified atom stereocenters. The van der Waals surface area contributed by atoms with Crippen LogP contribution in [0.4, 0.5) is 5.69 Å². The molecule has 0 saturated carbocycles. The average molecular weight is 174 g/mol. The Balaban J connectivity index is 2.23. The molecule has 0 bridgehead atoms. The minimum atomic E-state index is -0.213. The van der Waals surface area contributed by atoms with Crippen molar-refractivity contribution in [3.8, 4) is 0 Å². The summed E-state index contributed by atoms with van der Waals surface area (Å²) in [6.45, 7) is 3.23. The quantitative estimate of drug-likeness (QED) is 0.651. The van der Waals surface area contributed by atoms with E-state index in [0.29, 0.717) is 6.42 Å². The summed E-state index contributed by atoms with van der Waals surface area (Å²) in [5, 5.41) is 3.10. The van der Waals surface area contributed by atoms with Crippen LogP contribution in [0.1, 0.15) is 5.56 Å². The predicted molar refractivity (Wildman–Crippen MR) is 52.1 cm³/mol. The van der Waals surface area contributed by atoms with Crippen LogP contribution in [0, 0.1) is 0 Å². The smallest absolute Gasteiger partial charge is 0.267 e. The Labute approximate surface area is 76.5 Å². The Morgan fingerprint density at radius 2 is 2.31 bits per heavy atom. The van der Waals surface area contributed by atoms with E-state index in [2.05, 4.69) is 17.0 Å². The highest BCUT2D eigenvalue weighted by Gasteiger charge is 2.24. The van der Waals surface area contributed by atoms with Crippen LogP contribution < -0.4 is 5.32 Å². The fourth-order valence-corrected chi connectivity index (χ4v) is 1.56. The summed E-state index contributed by atoms with van der Waals surface area (Å²) in [5.74, 6) is -0.184. The number of amides is 1. The van der Waals surface area contributed by atoms with E-state index in [0.717, 1.165) is 5.69 Å². The molecule has 2 rings (SSSR count). The number of hydrogen-bond donors (Lipinski definition) is 1. The zero-order valence-electron chi connectivity index (χ0n) is 7.16. The van der Waals surface area contributed by atoms with Gasteiger partial charge in [-0.25, -0.2) is 4.99 Å². The molecule has 1 aliphatic heterocycles. The number of para-hydroxylation sites is 1. The maximum atomic E-state index is 11.2. The van der Waals surface area contributed by atoms with Crippen molar-refractivity contribution in [3.63, 3.8) is 0 Å². The van der Waals surface area contributed by atoms with Crippen molar-refractivity contribution in [3.05, 3.63) is 29.8 Å². The van der Waals surface area contributed by atoms with Gasteiger partial charge in [-0.15, -0.1) is 0 Å². The monoisotopic (exact) mass is 174 g/mol. The second kappa shape index (κ2) is 3.01. The van der Waals surface area contributed by atoms with Gasteiger partial charge in [0.25, 0.3) is 5.91 Å². The molecule has 0 fully saturated rings. The van der Waals surface area contributed by atoms with Gasteiger partial charge in [-0.2, -0.15) is 0 Å². The standard InChI is InChI=1S/C10H10N2O/c1-11-10(13)9-6-7-4-2-3-5-8(7)12-9/h2-5,9,12H,1,6H2. The summed E-state index contributed by atoms with van der Waals surface area (Å²) in [6.07, 6.45) is 0.716. The van der Waals surface area contributed by atoms with Gasteiger partial charge in [-0.1, -0.05) is 18.2 Å². The Morgan fingerprint density at radius 1 is 1.54 bits per heavy atom. The van der Waals surface area contributed by atoms with Gasteiger partial charge in [-0.3, -0.25) is 4.79 Å². The van der Waals surface area contributed by atoms with Crippen LogP contribution in [-0.4, -0.2) is 18.7 Å². The molecule has 0 saturated heterocycles. The summed E-state index contributed by atoms with van der Waals surface area (Å²) < 4.78 is 0. The third kappa shape index (κ3) is 1.33. The number of hydrogen-bond acceptors (Lipinski definition) is 2. The molecule has 1 N–H and O–H groups in total. The summed E-state index contributed by atoms with van der Waals surface area (Å²) in [5.41, 5.74) is 2.20. The molecule has 0 spiro atoms. The van der Waals surface area contributed by atoms with Crippen LogP contribution in [0.25, 0.3) is 0 Å². The topological polar surface area (TPSA) is 41.5 Å².